The third-order valence-electron chi connectivity index (χ3n) is 5.09. The van der Waals surface area contributed by atoms with Crippen LogP contribution in [0.5, 0.6) is 0 Å². The monoisotopic (exact) mass is 377 g/mol. The molecule has 4 N–H and O–H groups in total. The fraction of sp³-hybridized carbons (Fsp3) is 0.250. The number of nitrogens with one attached hydrogen (secondary N) is 3. The molecule has 4 aromatic rings. The van der Waals surface area contributed by atoms with Gasteiger partial charge in [-0.25, -0.2) is 10.1 Å². The Kier molecular flexibility index (Phi) is 4.07. The number of fused-ring (bicyclic) bond motifs is 2. The summed E-state index contributed by atoms with van der Waals surface area (Å²) in [5.41, 5.74) is 2.84. The highest BCUT2D eigenvalue weighted by molar-refractivity contribution is 5.95. The average molecular weight is 377 g/mol. The molecule has 5 rings (SSSR count). The van der Waals surface area contributed by atoms with Gasteiger partial charge in [0.25, 0.3) is 5.56 Å². The molecule has 0 bridgehead atoms. The van der Waals surface area contributed by atoms with Crippen molar-refractivity contribution in [2.75, 3.05) is 5.32 Å². The van der Waals surface area contributed by atoms with Crippen molar-refractivity contribution in [3.05, 3.63) is 52.8 Å². The summed E-state index contributed by atoms with van der Waals surface area (Å²) in [5.74, 6) is 0.429. The number of aliphatic hydroxyl groups is 1. The van der Waals surface area contributed by atoms with E-state index in [-0.39, 0.29) is 11.7 Å². The standard InChI is InChI=1S/C20H19N5O3/c26-18-14-7-2-1-6-13(14)17(24-25-18)11-8-9-15-16(10-11)22-19(21-15)23-20(27)28-12-4-3-5-12/h1-2,6-10,12,20,27H,3-5H2,(H,25,26)(H2,21,22,23). The molecule has 1 unspecified atom stereocenters. The number of hydrogen-bond acceptors (Lipinski definition) is 6. The predicted molar refractivity (Wildman–Crippen MR) is 106 cm³/mol. The van der Waals surface area contributed by atoms with E-state index in [0.29, 0.717) is 22.5 Å². The van der Waals surface area contributed by atoms with Crippen molar-refractivity contribution >= 4 is 27.8 Å². The van der Waals surface area contributed by atoms with Crippen molar-refractivity contribution in [3.63, 3.8) is 0 Å². The maximum Gasteiger partial charge on any atom is 0.272 e. The first kappa shape index (κ1) is 16.9. The smallest absolute Gasteiger partial charge is 0.272 e. The topological polar surface area (TPSA) is 116 Å². The minimum atomic E-state index is -1.10. The molecule has 1 atom stereocenters. The number of imidazole rings is 1. The Hall–Kier alpha value is -3.23. The molecule has 1 aliphatic rings. The highest BCUT2D eigenvalue weighted by Crippen LogP contribution is 2.27. The third kappa shape index (κ3) is 3.02. The maximum absolute atomic E-state index is 12.0. The van der Waals surface area contributed by atoms with E-state index in [1.54, 1.807) is 6.07 Å². The predicted octanol–water partition coefficient (Wildman–Crippen LogP) is 2.72. The van der Waals surface area contributed by atoms with Crippen LogP contribution in [0.1, 0.15) is 19.3 Å². The molecule has 28 heavy (non-hydrogen) atoms. The van der Waals surface area contributed by atoms with Gasteiger partial charge >= 0.3 is 0 Å². The van der Waals surface area contributed by atoms with Gasteiger partial charge < -0.3 is 20.1 Å². The minimum absolute atomic E-state index is 0.109. The third-order valence-corrected chi connectivity index (χ3v) is 5.09. The molecule has 1 aliphatic carbocycles. The molecule has 0 saturated heterocycles. The normalized spacial score (nSPS) is 15.6. The summed E-state index contributed by atoms with van der Waals surface area (Å²) >= 11 is 0. The van der Waals surface area contributed by atoms with Crippen LogP contribution >= 0.6 is 0 Å². The summed E-state index contributed by atoms with van der Waals surface area (Å²) < 4.78 is 5.48. The lowest BCUT2D eigenvalue weighted by Gasteiger charge is -2.28. The molecule has 2 heterocycles. The van der Waals surface area contributed by atoms with Crippen molar-refractivity contribution in [2.45, 2.75) is 31.8 Å². The van der Waals surface area contributed by atoms with E-state index in [4.69, 9.17) is 4.74 Å². The number of anilines is 1. The molecule has 8 nitrogen and oxygen atoms in total. The fourth-order valence-electron chi connectivity index (χ4n) is 3.40. The van der Waals surface area contributed by atoms with Crippen molar-refractivity contribution in [1.29, 1.82) is 0 Å². The highest BCUT2D eigenvalue weighted by atomic mass is 16.6. The van der Waals surface area contributed by atoms with Crippen LogP contribution in [0.4, 0.5) is 5.95 Å². The lowest BCUT2D eigenvalue weighted by atomic mass is 9.96. The molecule has 142 valence electrons. The van der Waals surface area contributed by atoms with Gasteiger partial charge in [0.15, 0.2) is 0 Å². The van der Waals surface area contributed by atoms with Gasteiger partial charge in [-0.15, -0.1) is 0 Å². The van der Waals surface area contributed by atoms with Gasteiger partial charge in [-0.2, -0.15) is 5.10 Å². The minimum Gasteiger partial charge on any atom is -0.351 e. The molecule has 2 aromatic heterocycles. The van der Waals surface area contributed by atoms with E-state index in [2.05, 4.69) is 25.5 Å². The lowest BCUT2D eigenvalue weighted by molar-refractivity contribution is -0.139. The molecule has 0 radical (unpaired) electrons. The second-order valence-electron chi connectivity index (χ2n) is 6.95. The van der Waals surface area contributed by atoms with Crippen molar-refractivity contribution in [3.8, 4) is 11.3 Å². The second kappa shape index (κ2) is 6.74. The van der Waals surface area contributed by atoms with Crippen molar-refractivity contribution in [2.24, 2.45) is 0 Å². The number of hydrogen-bond donors (Lipinski definition) is 4. The van der Waals surface area contributed by atoms with Crippen LogP contribution in [0.25, 0.3) is 33.1 Å². The number of H-pyrrole nitrogens is 2. The maximum atomic E-state index is 12.0. The summed E-state index contributed by atoms with van der Waals surface area (Å²) in [6.07, 6.45) is 2.09. The van der Waals surface area contributed by atoms with Gasteiger partial charge in [-0.1, -0.05) is 24.3 Å². The number of benzene rings is 2. The summed E-state index contributed by atoms with van der Waals surface area (Å²) in [6, 6.07) is 13.1. The van der Waals surface area contributed by atoms with Crippen LogP contribution in [-0.4, -0.2) is 37.8 Å². The van der Waals surface area contributed by atoms with Crippen molar-refractivity contribution < 1.29 is 9.84 Å². The van der Waals surface area contributed by atoms with E-state index in [1.165, 1.54) is 0 Å². The van der Waals surface area contributed by atoms with Crippen LogP contribution < -0.4 is 10.9 Å². The van der Waals surface area contributed by atoms with Gasteiger partial charge in [0.1, 0.15) is 0 Å². The number of aromatic amines is 2. The summed E-state index contributed by atoms with van der Waals surface area (Å²) in [4.78, 5) is 19.6. The first-order chi connectivity index (χ1) is 13.7. The molecule has 0 amide bonds. The summed E-state index contributed by atoms with van der Waals surface area (Å²) in [7, 11) is 0. The SMILES string of the molecule is O=c1[nH]nc(-c2ccc3[nH]c(NC(O)OC4CCC4)nc3c2)c2ccccc12. The van der Waals surface area contributed by atoms with E-state index in [1.807, 2.05) is 36.4 Å². The van der Waals surface area contributed by atoms with Gasteiger partial charge in [0, 0.05) is 10.9 Å². The van der Waals surface area contributed by atoms with Gasteiger partial charge in [0.05, 0.1) is 28.2 Å². The van der Waals surface area contributed by atoms with Crippen LogP contribution in [0.15, 0.2) is 47.3 Å². The molecule has 1 saturated carbocycles. The number of nitrogens with zero attached hydrogens (tertiary/aromatic N) is 2. The molecule has 2 aromatic carbocycles. The average Bonchev–Trinajstić information content (AvgIpc) is 3.06. The summed E-state index contributed by atoms with van der Waals surface area (Å²) in [6.45, 7) is 0. The van der Waals surface area contributed by atoms with Crippen LogP contribution in [0, 0.1) is 0 Å². The number of aromatic nitrogens is 4. The van der Waals surface area contributed by atoms with Crippen LogP contribution in [0.2, 0.25) is 0 Å². The molecule has 0 spiro atoms. The van der Waals surface area contributed by atoms with Gasteiger partial charge in [-0.3, -0.25) is 4.79 Å². The molecule has 0 aliphatic heterocycles. The Morgan fingerprint density at radius 1 is 1.18 bits per heavy atom. The van der Waals surface area contributed by atoms with Crippen LogP contribution in [-0.2, 0) is 4.74 Å². The number of ether oxygens (including phenoxy) is 1. The van der Waals surface area contributed by atoms with Gasteiger partial charge in [0.2, 0.25) is 12.4 Å². The number of rotatable bonds is 5. The van der Waals surface area contributed by atoms with E-state index < -0.39 is 6.41 Å². The van der Waals surface area contributed by atoms with E-state index >= 15 is 0 Å². The second-order valence-corrected chi connectivity index (χ2v) is 6.95. The molecular weight excluding hydrogens is 358 g/mol. The quantitative estimate of drug-likeness (QED) is 0.398. The van der Waals surface area contributed by atoms with E-state index in [9.17, 15) is 9.90 Å². The van der Waals surface area contributed by atoms with Crippen LogP contribution in [0.3, 0.4) is 0 Å². The zero-order valence-electron chi connectivity index (χ0n) is 15.0. The van der Waals surface area contributed by atoms with Crippen molar-refractivity contribution in [1.82, 2.24) is 20.2 Å². The molecular formula is C20H19N5O3. The molecule has 1 fully saturated rings. The zero-order valence-corrected chi connectivity index (χ0v) is 15.0. The zero-order chi connectivity index (χ0) is 19.1. The lowest BCUT2D eigenvalue weighted by Crippen LogP contribution is -2.32. The Labute approximate surface area is 159 Å². The Morgan fingerprint density at radius 3 is 2.79 bits per heavy atom. The highest BCUT2D eigenvalue weighted by Gasteiger charge is 2.22. The Bertz CT molecular complexity index is 1210. The largest absolute Gasteiger partial charge is 0.351 e. The first-order valence-electron chi connectivity index (χ1n) is 9.25. The number of aliphatic hydroxyl groups excluding tert-OH is 1. The Balaban J connectivity index is 1.47. The van der Waals surface area contributed by atoms with Gasteiger partial charge in [-0.05, 0) is 37.5 Å². The Morgan fingerprint density at radius 2 is 2.00 bits per heavy atom. The van der Waals surface area contributed by atoms with E-state index in [0.717, 1.165) is 35.7 Å². The first-order valence-corrected chi connectivity index (χ1v) is 9.25. The summed E-state index contributed by atoms with van der Waals surface area (Å²) in [5, 5.41) is 21.0. The fourth-order valence-corrected chi connectivity index (χ4v) is 3.40. The molecule has 8 heteroatoms.